The third kappa shape index (κ3) is 4.00. The minimum atomic E-state index is -0.207. The van der Waals surface area contributed by atoms with Gasteiger partial charge in [0.15, 0.2) is 0 Å². The Morgan fingerprint density at radius 1 is 1.21 bits per heavy atom. The van der Waals surface area contributed by atoms with Crippen LogP contribution in [0.15, 0.2) is 51.0 Å². The second-order valence-corrected chi connectivity index (χ2v) is 10.2. The number of likely N-dealkylation sites (N-methyl/N-ethyl adjacent to an activating group) is 1. The van der Waals surface area contributed by atoms with Gasteiger partial charge in [-0.3, -0.25) is 9.59 Å². The molecule has 5 rings (SSSR count). The number of aromatic amines is 1. The molecule has 0 radical (unpaired) electrons. The molecule has 0 fully saturated rings. The van der Waals surface area contributed by atoms with Crippen molar-refractivity contribution < 1.29 is 9.21 Å². The standard InChI is InChI=1S/C25H23N3O3S2/c1-4-18-16(15-7-5-6-8-19(15)31-18)12-28(3)22(29)11-21-26-24(30)23-17(13-32-25(23)27-21)20-10-9-14(2)33-20/h5-10,13H,4,11-12H2,1-3H3,(H,26,27,30). The average molecular weight is 478 g/mol. The van der Waals surface area contributed by atoms with Crippen molar-refractivity contribution in [2.45, 2.75) is 33.2 Å². The van der Waals surface area contributed by atoms with Crippen molar-refractivity contribution in [2.24, 2.45) is 0 Å². The Kier molecular flexibility index (Phi) is 5.64. The molecule has 0 atom stereocenters. The van der Waals surface area contributed by atoms with E-state index in [4.69, 9.17) is 4.42 Å². The van der Waals surface area contributed by atoms with Crippen LogP contribution in [-0.2, 0) is 24.2 Å². The summed E-state index contributed by atoms with van der Waals surface area (Å²) in [6.07, 6.45) is 0.784. The van der Waals surface area contributed by atoms with E-state index in [0.717, 1.165) is 39.2 Å². The molecule has 1 aromatic carbocycles. The quantitative estimate of drug-likeness (QED) is 0.349. The van der Waals surface area contributed by atoms with Crippen LogP contribution >= 0.6 is 22.7 Å². The minimum Gasteiger partial charge on any atom is -0.461 e. The zero-order valence-electron chi connectivity index (χ0n) is 18.6. The highest BCUT2D eigenvalue weighted by molar-refractivity contribution is 7.19. The molecule has 0 unspecified atom stereocenters. The molecule has 6 nitrogen and oxygen atoms in total. The number of amides is 1. The second-order valence-electron chi connectivity index (χ2n) is 8.03. The van der Waals surface area contributed by atoms with Gasteiger partial charge in [-0.15, -0.1) is 22.7 Å². The molecule has 0 bridgehead atoms. The fourth-order valence-corrected chi connectivity index (χ4v) is 5.97. The molecular formula is C25H23N3O3S2. The smallest absolute Gasteiger partial charge is 0.260 e. The monoisotopic (exact) mass is 477 g/mol. The van der Waals surface area contributed by atoms with E-state index in [9.17, 15) is 9.59 Å². The van der Waals surface area contributed by atoms with Gasteiger partial charge in [0, 0.05) is 51.7 Å². The van der Waals surface area contributed by atoms with Crippen LogP contribution in [0.3, 0.4) is 0 Å². The van der Waals surface area contributed by atoms with Crippen LogP contribution in [0.25, 0.3) is 31.6 Å². The number of H-pyrrole nitrogens is 1. The van der Waals surface area contributed by atoms with Crippen molar-refractivity contribution in [1.82, 2.24) is 14.9 Å². The molecule has 0 saturated carbocycles. The highest BCUT2D eigenvalue weighted by Crippen LogP contribution is 2.35. The lowest BCUT2D eigenvalue weighted by molar-refractivity contribution is -0.129. The lowest BCUT2D eigenvalue weighted by Crippen LogP contribution is -2.29. The molecule has 0 aliphatic heterocycles. The molecular weight excluding hydrogens is 454 g/mol. The third-order valence-corrected chi connectivity index (χ3v) is 7.65. The van der Waals surface area contributed by atoms with Crippen LogP contribution in [0.2, 0.25) is 0 Å². The number of hydrogen-bond acceptors (Lipinski definition) is 6. The molecule has 5 aromatic rings. The van der Waals surface area contributed by atoms with Crippen LogP contribution in [0.5, 0.6) is 0 Å². The Hall–Kier alpha value is -3.23. The van der Waals surface area contributed by atoms with Gasteiger partial charge in [0.2, 0.25) is 5.91 Å². The summed E-state index contributed by atoms with van der Waals surface area (Å²) in [4.78, 5) is 37.8. The Morgan fingerprint density at radius 3 is 2.79 bits per heavy atom. The molecule has 33 heavy (non-hydrogen) atoms. The maximum absolute atomic E-state index is 13.0. The molecule has 4 heterocycles. The summed E-state index contributed by atoms with van der Waals surface area (Å²) in [6, 6.07) is 11.9. The van der Waals surface area contributed by atoms with Gasteiger partial charge >= 0.3 is 0 Å². The lowest BCUT2D eigenvalue weighted by Gasteiger charge is -2.17. The number of carbonyl (C=O) groups excluding carboxylic acids is 1. The topological polar surface area (TPSA) is 79.2 Å². The molecule has 1 N–H and O–H groups in total. The van der Waals surface area contributed by atoms with Crippen LogP contribution in [-0.4, -0.2) is 27.8 Å². The number of benzene rings is 1. The van der Waals surface area contributed by atoms with Crippen molar-refractivity contribution in [3.63, 3.8) is 0 Å². The fraction of sp³-hybridized carbons (Fsp3) is 0.240. The van der Waals surface area contributed by atoms with Crippen LogP contribution in [0.4, 0.5) is 0 Å². The summed E-state index contributed by atoms with van der Waals surface area (Å²) in [5.74, 6) is 1.15. The summed E-state index contributed by atoms with van der Waals surface area (Å²) < 4.78 is 5.96. The number of fused-ring (bicyclic) bond motifs is 2. The Morgan fingerprint density at radius 2 is 2.03 bits per heavy atom. The molecule has 0 aliphatic carbocycles. The number of nitrogens with one attached hydrogen (secondary N) is 1. The van der Waals surface area contributed by atoms with Gasteiger partial charge in [-0.05, 0) is 25.1 Å². The molecule has 1 amide bonds. The lowest BCUT2D eigenvalue weighted by atomic mass is 10.1. The van der Waals surface area contributed by atoms with E-state index >= 15 is 0 Å². The fourth-order valence-electron chi connectivity index (χ4n) is 4.05. The first-order chi connectivity index (χ1) is 15.9. The predicted molar refractivity (Wildman–Crippen MR) is 134 cm³/mol. The van der Waals surface area contributed by atoms with Gasteiger partial charge in [0.1, 0.15) is 22.0 Å². The van der Waals surface area contributed by atoms with E-state index < -0.39 is 0 Å². The highest BCUT2D eigenvalue weighted by atomic mass is 32.1. The first kappa shape index (κ1) is 21.6. The second kappa shape index (κ2) is 8.61. The Bertz CT molecular complexity index is 1540. The van der Waals surface area contributed by atoms with E-state index in [0.29, 0.717) is 22.6 Å². The number of furan rings is 1. The van der Waals surface area contributed by atoms with Crippen molar-refractivity contribution >= 4 is 49.8 Å². The summed E-state index contributed by atoms with van der Waals surface area (Å²) in [5, 5.41) is 3.58. The highest BCUT2D eigenvalue weighted by Gasteiger charge is 2.20. The van der Waals surface area contributed by atoms with Gasteiger partial charge in [-0.2, -0.15) is 0 Å². The number of carbonyl (C=O) groups is 1. The summed E-state index contributed by atoms with van der Waals surface area (Å²) >= 11 is 3.08. The maximum Gasteiger partial charge on any atom is 0.260 e. The Balaban J connectivity index is 1.39. The Labute approximate surface area is 198 Å². The van der Waals surface area contributed by atoms with Crippen molar-refractivity contribution in [3.8, 4) is 10.4 Å². The van der Waals surface area contributed by atoms with Gasteiger partial charge < -0.3 is 14.3 Å². The van der Waals surface area contributed by atoms with E-state index in [2.05, 4.69) is 9.97 Å². The molecule has 0 spiro atoms. The van der Waals surface area contributed by atoms with Gasteiger partial charge in [0.05, 0.1) is 11.8 Å². The molecule has 0 saturated heterocycles. The largest absolute Gasteiger partial charge is 0.461 e. The van der Waals surface area contributed by atoms with Crippen molar-refractivity contribution in [2.75, 3.05) is 7.05 Å². The number of para-hydroxylation sites is 1. The van der Waals surface area contributed by atoms with E-state index in [1.54, 1.807) is 23.3 Å². The first-order valence-corrected chi connectivity index (χ1v) is 12.4. The zero-order valence-corrected chi connectivity index (χ0v) is 20.2. The van der Waals surface area contributed by atoms with Crippen molar-refractivity contribution in [3.05, 3.63) is 74.2 Å². The predicted octanol–water partition coefficient (Wildman–Crippen LogP) is 5.53. The molecule has 168 valence electrons. The SMILES string of the molecule is CCc1oc2ccccc2c1CN(C)C(=O)Cc1nc2scc(-c3ccc(C)s3)c2c(=O)[nH]1. The number of hydrogen-bond donors (Lipinski definition) is 1. The summed E-state index contributed by atoms with van der Waals surface area (Å²) in [5.41, 5.74) is 2.55. The average Bonchev–Trinajstić information content (AvgIpc) is 3.50. The van der Waals surface area contributed by atoms with Crippen LogP contribution in [0, 0.1) is 6.92 Å². The number of aryl methyl sites for hydroxylation is 2. The third-order valence-electron chi connectivity index (χ3n) is 5.74. The summed E-state index contributed by atoms with van der Waals surface area (Å²) in [6.45, 7) is 4.52. The minimum absolute atomic E-state index is 0.0320. The normalized spacial score (nSPS) is 11.5. The summed E-state index contributed by atoms with van der Waals surface area (Å²) in [7, 11) is 1.77. The molecule has 8 heteroatoms. The number of nitrogens with zero attached hydrogens (tertiary/aromatic N) is 2. The van der Waals surface area contributed by atoms with Gasteiger partial charge in [0.25, 0.3) is 5.56 Å². The zero-order chi connectivity index (χ0) is 23.1. The van der Waals surface area contributed by atoms with Gasteiger partial charge in [-0.1, -0.05) is 25.1 Å². The van der Waals surface area contributed by atoms with Crippen LogP contribution in [0.1, 0.15) is 28.9 Å². The number of aromatic nitrogens is 2. The van der Waals surface area contributed by atoms with E-state index in [1.807, 2.05) is 55.6 Å². The maximum atomic E-state index is 13.0. The van der Waals surface area contributed by atoms with Gasteiger partial charge in [-0.25, -0.2) is 4.98 Å². The van der Waals surface area contributed by atoms with Crippen LogP contribution < -0.4 is 5.56 Å². The number of rotatable bonds is 6. The number of thiophene rings is 2. The van der Waals surface area contributed by atoms with Crippen molar-refractivity contribution in [1.29, 1.82) is 0 Å². The van der Waals surface area contributed by atoms with E-state index in [-0.39, 0.29) is 17.9 Å². The van der Waals surface area contributed by atoms with E-state index in [1.165, 1.54) is 16.2 Å². The molecule has 0 aliphatic rings. The molecule has 4 aromatic heterocycles. The first-order valence-electron chi connectivity index (χ1n) is 10.7.